The third-order valence-electron chi connectivity index (χ3n) is 7.30. The quantitative estimate of drug-likeness (QED) is 0.586. The van der Waals surface area contributed by atoms with Crippen LogP contribution in [0.25, 0.3) is 0 Å². The van der Waals surface area contributed by atoms with E-state index in [1.165, 1.54) is 18.5 Å². The van der Waals surface area contributed by atoms with E-state index in [-0.39, 0.29) is 12.1 Å². The minimum Gasteiger partial charge on any atom is -0.462 e. The van der Waals surface area contributed by atoms with Gasteiger partial charge in [0.05, 0.1) is 24.4 Å². The van der Waals surface area contributed by atoms with Gasteiger partial charge in [0.15, 0.2) is 0 Å². The van der Waals surface area contributed by atoms with Crippen LogP contribution in [0.5, 0.6) is 0 Å². The number of esters is 1. The molecule has 3 unspecified atom stereocenters. The Morgan fingerprint density at radius 1 is 0.970 bits per heavy atom. The number of hydrogen-bond donors (Lipinski definition) is 2. The van der Waals surface area contributed by atoms with Crippen molar-refractivity contribution in [1.29, 1.82) is 0 Å². The van der Waals surface area contributed by atoms with E-state index in [1.54, 1.807) is 0 Å². The van der Waals surface area contributed by atoms with Crippen molar-refractivity contribution in [2.24, 2.45) is 5.92 Å². The minimum atomic E-state index is -0.775. The van der Waals surface area contributed by atoms with Crippen LogP contribution in [0, 0.1) is 5.92 Å². The standard InChI is InChI=1S/C25H39N3O5/c1-2-32-25(31)20-3-5-21(6-4-20)28-10-7-19(8-11-28)17-26-12-14-27(15-13-26)18-23-24(30)22(29)9-16-33-23/h3-6,19,22-24,29-30H,2,7-18H2,1H3. The Morgan fingerprint density at radius 3 is 2.24 bits per heavy atom. The molecular formula is C25H39N3O5. The molecule has 3 aliphatic heterocycles. The molecule has 1 aromatic carbocycles. The van der Waals surface area contributed by atoms with E-state index >= 15 is 0 Å². The SMILES string of the molecule is CCOC(=O)c1ccc(N2CCC(CN3CCN(CC4OCCC(O)C4O)CC3)CC2)cc1. The Kier molecular flexibility index (Phi) is 8.60. The first kappa shape index (κ1) is 24.4. The van der Waals surface area contributed by atoms with Gasteiger partial charge in [0.2, 0.25) is 0 Å². The van der Waals surface area contributed by atoms with Crippen molar-refractivity contribution in [3.05, 3.63) is 29.8 Å². The van der Waals surface area contributed by atoms with Crippen LogP contribution in [0.1, 0.15) is 36.5 Å². The zero-order valence-corrected chi connectivity index (χ0v) is 19.8. The molecule has 3 heterocycles. The van der Waals surface area contributed by atoms with E-state index in [4.69, 9.17) is 9.47 Å². The van der Waals surface area contributed by atoms with Gasteiger partial charge in [-0.05, 0) is 56.4 Å². The van der Waals surface area contributed by atoms with Crippen molar-refractivity contribution >= 4 is 11.7 Å². The number of carbonyl (C=O) groups excluding carboxylic acids is 1. The fourth-order valence-corrected chi connectivity index (χ4v) is 5.19. The van der Waals surface area contributed by atoms with Crippen molar-refractivity contribution in [1.82, 2.24) is 9.80 Å². The van der Waals surface area contributed by atoms with Gasteiger partial charge in [-0.2, -0.15) is 0 Å². The lowest BCUT2D eigenvalue weighted by molar-refractivity contribution is -0.143. The van der Waals surface area contributed by atoms with Crippen molar-refractivity contribution in [2.45, 2.75) is 44.5 Å². The predicted octanol–water partition coefficient (Wildman–Crippen LogP) is 1.21. The van der Waals surface area contributed by atoms with Gasteiger partial charge in [-0.1, -0.05) is 0 Å². The number of aliphatic hydroxyl groups is 2. The predicted molar refractivity (Wildman–Crippen MR) is 127 cm³/mol. The van der Waals surface area contributed by atoms with Crippen LogP contribution < -0.4 is 4.90 Å². The van der Waals surface area contributed by atoms with Crippen LogP contribution in [-0.2, 0) is 9.47 Å². The number of hydrogen-bond acceptors (Lipinski definition) is 8. The Hall–Kier alpha value is -1.71. The Bertz CT molecular complexity index is 745. The number of aliphatic hydroxyl groups excluding tert-OH is 2. The summed E-state index contributed by atoms with van der Waals surface area (Å²) in [5, 5.41) is 20.0. The molecule has 3 atom stereocenters. The van der Waals surface area contributed by atoms with Crippen LogP contribution in [0.3, 0.4) is 0 Å². The van der Waals surface area contributed by atoms with Crippen LogP contribution in [0.4, 0.5) is 5.69 Å². The number of carbonyl (C=O) groups is 1. The van der Waals surface area contributed by atoms with Crippen LogP contribution >= 0.6 is 0 Å². The first-order chi connectivity index (χ1) is 16.0. The maximum absolute atomic E-state index is 11.8. The van der Waals surface area contributed by atoms with E-state index < -0.39 is 12.2 Å². The van der Waals surface area contributed by atoms with E-state index in [1.807, 2.05) is 31.2 Å². The molecule has 0 aliphatic carbocycles. The summed E-state index contributed by atoms with van der Waals surface area (Å²) in [7, 11) is 0. The second kappa shape index (κ2) is 11.6. The number of benzene rings is 1. The summed E-state index contributed by atoms with van der Waals surface area (Å²) in [4.78, 5) is 19.2. The number of anilines is 1. The highest BCUT2D eigenvalue weighted by molar-refractivity contribution is 5.89. The Labute approximate surface area is 197 Å². The highest BCUT2D eigenvalue weighted by Crippen LogP contribution is 2.25. The molecule has 1 aromatic rings. The third-order valence-corrected chi connectivity index (χ3v) is 7.30. The van der Waals surface area contributed by atoms with Gasteiger partial charge in [0.1, 0.15) is 6.10 Å². The zero-order valence-electron chi connectivity index (χ0n) is 19.8. The molecule has 8 heteroatoms. The Balaban J connectivity index is 1.16. The van der Waals surface area contributed by atoms with Gasteiger partial charge in [0, 0.05) is 64.7 Å². The molecular weight excluding hydrogens is 422 g/mol. The largest absolute Gasteiger partial charge is 0.462 e. The smallest absolute Gasteiger partial charge is 0.338 e. The van der Waals surface area contributed by atoms with Gasteiger partial charge >= 0.3 is 5.97 Å². The van der Waals surface area contributed by atoms with E-state index in [2.05, 4.69) is 14.7 Å². The second-order valence-corrected chi connectivity index (χ2v) is 9.55. The molecule has 0 saturated carbocycles. The summed E-state index contributed by atoms with van der Waals surface area (Å²) in [5.74, 6) is 0.452. The zero-order chi connectivity index (χ0) is 23.2. The lowest BCUT2D eigenvalue weighted by Crippen LogP contribution is -2.54. The number of ether oxygens (including phenoxy) is 2. The number of piperazine rings is 1. The van der Waals surface area contributed by atoms with Crippen molar-refractivity contribution < 1.29 is 24.5 Å². The van der Waals surface area contributed by atoms with Gasteiger partial charge in [0.25, 0.3) is 0 Å². The van der Waals surface area contributed by atoms with E-state index in [0.29, 0.717) is 37.7 Å². The lowest BCUT2D eigenvalue weighted by Gasteiger charge is -2.41. The number of nitrogens with zero attached hydrogens (tertiary/aromatic N) is 3. The molecule has 33 heavy (non-hydrogen) atoms. The van der Waals surface area contributed by atoms with Crippen molar-refractivity contribution in [3.8, 4) is 0 Å². The summed E-state index contributed by atoms with van der Waals surface area (Å²) in [6, 6.07) is 7.77. The molecule has 3 saturated heterocycles. The van der Waals surface area contributed by atoms with E-state index in [0.717, 1.165) is 45.8 Å². The average Bonchev–Trinajstić information content (AvgIpc) is 2.84. The molecule has 0 radical (unpaired) electrons. The van der Waals surface area contributed by atoms with Gasteiger partial charge in [-0.3, -0.25) is 4.90 Å². The van der Waals surface area contributed by atoms with Gasteiger partial charge < -0.3 is 29.5 Å². The molecule has 0 aromatic heterocycles. The van der Waals surface area contributed by atoms with Crippen molar-refractivity contribution in [2.75, 3.05) is 70.5 Å². The van der Waals surface area contributed by atoms with Crippen molar-refractivity contribution in [3.63, 3.8) is 0 Å². The maximum atomic E-state index is 11.8. The molecule has 2 N–H and O–H groups in total. The molecule has 4 rings (SSSR count). The first-order valence-corrected chi connectivity index (χ1v) is 12.5. The van der Waals surface area contributed by atoms with E-state index in [9.17, 15) is 15.0 Å². The summed E-state index contributed by atoms with van der Waals surface area (Å²) in [5.41, 5.74) is 1.78. The topological polar surface area (TPSA) is 85.7 Å². The van der Waals surface area contributed by atoms with Crippen LogP contribution in [-0.4, -0.2) is 110 Å². The maximum Gasteiger partial charge on any atom is 0.338 e. The highest BCUT2D eigenvalue weighted by Gasteiger charge is 2.33. The minimum absolute atomic E-state index is 0.261. The number of piperidine rings is 1. The summed E-state index contributed by atoms with van der Waals surface area (Å²) >= 11 is 0. The first-order valence-electron chi connectivity index (χ1n) is 12.5. The van der Waals surface area contributed by atoms with Crippen LogP contribution in [0.15, 0.2) is 24.3 Å². The van der Waals surface area contributed by atoms with Gasteiger partial charge in [-0.15, -0.1) is 0 Å². The average molecular weight is 462 g/mol. The fraction of sp³-hybridized carbons (Fsp3) is 0.720. The molecule has 0 amide bonds. The molecule has 3 fully saturated rings. The van der Waals surface area contributed by atoms with Gasteiger partial charge in [-0.25, -0.2) is 4.79 Å². The second-order valence-electron chi connectivity index (χ2n) is 9.55. The normalized spacial score (nSPS) is 28.1. The summed E-state index contributed by atoms with van der Waals surface area (Å²) in [6.45, 7) is 10.7. The third kappa shape index (κ3) is 6.45. The Morgan fingerprint density at radius 2 is 1.61 bits per heavy atom. The van der Waals surface area contributed by atoms with Crippen LogP contribution in [0.2, 0.25) is 0 Å². The number of rotatable bonds is 7. The summed E-state index contributed by atoms with van der Waals surface area (Å²) in [6.07, 6.45) is 1.16. The molecule has 0 bridgehead atoms. The molecule has 8 nitrogen and oxygen atoms in total. The monoisotopic (exact) mass is 461 g/mol. The molecule has 184 valence electrons. The molecule has 3 aliphatic rings. The molecule has 0 spiro atoms. The fourth-order valence-electron chi connectivity index (χ4n) is 5.19. The lowest BCUT2D eigenvalue weighted by atomic mass is 9.95. The summed E-state index contributed by atoms with van der Waals surface area (Å²) < 4.78 is 10.8. The highest BCUT2D eigenvalue weighted by atomic mass is 16.5.